The molecular weight excluding hydrogens is 162 g/mol. The number of non-ortho nitro benzene ring substituents is 1. The Kier molecular flexibility index (Phi) is 2.73. The van der Waals surface area contributed by atoms with Gasteiger partial charge in [0.15, 0.2) is 0 Å². The molecule has 5 nitrogen and oxygen atoms in total. The highest BCUT2D eigenvalue weighted by atomic mass is 17.1. The van der Waals surface area contributed by atoms with Gasteiger partial charge in [0.05, 0.1) is 4.92 Å². The molecule has 0 unspecified atom stereocenters. The lowest BCUT2D eigenvalue weighted by atomic mass is 10.2. The first-order chi connectivity index (χ1) is 5.74. The molecule has 0 saturated carbocycles. The fourth-order valence-corrected chi connectivity index (χ4v) is 0.834. The van der Waals surface area contributed by atoms with E-state index in [1.807, 2.05) is 0 Å². The molecule has 1 N–H and O–H groups in total. The quantitative estimate of drug-likeness (QED) is 0.423. The summed E-state index contributed by atoms with van der Waals surface area (Å²) in [5, 5.41) is 18.3. The highest BCUT2D eigenvalue weighted by Gasteiger charge is 2.04. The summed E-state index contributed by atoms with van der Waals surface area (Å²) < 4.78 is 0. The average Bonchev–Trinajstić information content (AvgIpc) is 2.05. The van der Waals surface area contributed by atoms with E-state index in [0.29, 0.717) is 5.56 Å². The van der Waals surface area contributed by atoms with Gasteiger partial charge in [-0.15, -0.1) is 0 Å². The van der Waals surface area contributed by atoms with Crippen molar-refractivity contribution in [2.24, 2.45) is 0 Å². The third kappa shape index (κ3) is 2.01. The lowest BCUT2D eigenvalue weighted by molar-refractivity contribution is -0.385. The molecule has 5 heteroatoms. The van der Waals surface area contributed by atoms with Crippen molar-refractivity contribution in [1.82, 2.24) is 0 Å². The number of hydrogen-bond donors (Lipinski definition) is 1. The molecule has 0 heterocycles. The number of nitrogens with zero attached hydrogens (tertiary/aromatic N) is 1. The van der Waals surface area contributed by atoms with Gasteiger partial charge < -0.3 is 0 Å². The lowest BCUT2D eigenvalue weighted by Gasteiger charge is -1.96. The Balaban J connectivity index is 2.88. The maximum atomic E-state index is 10.3. The number of nitro groups is 1. The third-order valence-corrected chi connectivity index (χ3v) is 1.35. The molecule has 1 rings (SSSR count). The van der Waals surface area contributed by atoms with Crippen molar-refractivity contribution in [1.29, 1.82) is 0 Å². The highest BCUT2D eigenvalue weighted by molar-refractivity contribution is 5.33. The Bertz CT molecular complexity index is 286. The van der Waals surface area contributed by atoms with Crippen LogP contribution in [0.5, 0.6) is 0 Å². The Labute approximate surface area is 68.3 Å². The maximum Gasteiger partial charge on any atom is 0.269 e. The molecule has 0 bridgehead atoms. The fourth-order valence-electron chi connectivity index (χ4n) is 0.834. The van der Waals surface area contributed by atoms with Gasteiger partial charge in [-0.1, -0.05) is 12.1 Å². The predicted molar refractivity (Wildman–Crippen MR) is 40.5 cm³/mol. The van der Waals surface area contributed by atoms with Crippen LogP contribution in [0.1, 0.15) is 5.56 Å². The SMILES string of the molecule is O=[N+]([O-])c1cccc(COO)c1. The van der Waals surface area contributed by atoms with E-state index in [1.165, 1.54) is 18.2 Å². The van der Waals surface area contributed by atoms with E-state index in [-0.39, 0.29) is 12.3 Å². The first-order valence-electron chi connectivity index (χ1n) is 3.23. The number of benzene rings is 1. The van der Waals surface area contributed by atoms with Crippen LogP contribution >= 0.6 is 0 Å². The molecule has 0 aliphatic rings. The van der Waals surface area contributed by atoms with E-state index in [2.05, 4.69) is 4.89 Å². The molecule has 0 amide bonds. The molecule has 0 aromatic heterocycles. The van der Waals surface area contributed by atoms with Crippen LogP contribution in [-0.2, 0) is 11.5 Å². The van der Waals surface area contributed by atoms with Crippen LogP contribution in [0, 0.1) is 10.1 Å². The summed E-state index contributed by atoms with van der Waals surface area (Å²) in [4.78, 5) is 13.6. The Hall–Kier alpha value is -1.46. The van der Waals surface area contributed by atoms with Crippen LogP contribution in [-0.4, -0.2) is 10.2 Å². The number of rotatable bonds is 3. The van der Waals surface area contributed by atoms with Gasteiger partial charge in [0.25, 0.3) is 5.69 Å². The van der Waals surface area contributed by atoms with E-state index in [4.69, 9.17) is 5.26 Å². The maximum absolute atomic E-state index is 10.3. The predicted octanol–water partition coefficient (Wildman–Crippen LogP) is 1.58. The van der Waals surface area contributed by atoms with Gasteiger partial charge in [-0.25, -0.2) is 4.89 Å². The monoisotopic (exact) mass is 169 g/mol. The van der Waals surface area contributed by atoms with Crippen LogP contribution in [0.25, 0.3) is 0 Å². The normalized spacial score (nSPS) is 9.75. The van der Waals surface area contributed by atoms with Crippen LogP contribution in [0.2, 0.25) is 0 Å². The molecular formula is C7H7NO4. The van der Waals surface area contributed by atoms with Gasteiger partial charge in [-0.2, -0.15) is 0 Å². The van der Waals surface area contributed by atoms with Crippen LogP contribution in [0.15, 0.2) is 24.3 Å². The van der Waals surface area contributed by atoms with Gasteiger partial charge in [-0.05, 0) is 5.56 Å². The van der Waals surface area contributed by atoms with E-state index in [9.17, 15) is 10.1 Å². The first-order valence-corrected chi connectivity index (χ1v) is 3.23. The zero-order valence-electron chi connectivity index (χ0n) is 6.14. The third-order valence-electron chi connectivity index (χ3n) is 1.35. The second-order valence-electron chi connectivity index (χ2n) is 2.20. The topological polar surface area (TPSA) is 72.6 Å². The number of hydrogen-bond acceptors (Lipinski definition) is 4. The summed E-state index contributed by atoms with van der Waals surface area (Å²) in [7, 11) is 0. The molecule has 0 aliphatic carbocycles. The van der Waals surface area contributed by atoms with Gasteiger partial charge in [0.1, 0.15) is 6.61 Å². The minimum absolute atomic E-state index is 0.00968. The van der Waals surface area contributed by atoms with Crippen LogP contribution in [0.4, 0.5) is 5.69 Å². The van der Waals surface area contributed by atoms with E-state index >= 15 is 0 Å². The second kappa shape index (κ2) is 3.80. The summed E-state index contributed by atoms with van der Waals surface area (Å²) in [5.74, 6) is 0. The summed E-state index contributed by atoms with van der Waals surface area (Å²) in [6, 6.07) is 5.88. The molecule has 64 valence electrons. The zero-order chi connectivity index (χ0) is 8.97. The highest BCUT2D eigenvalue weighted by Crippen LogP contribution is 2.13. The van der Waals surface area contributed by atoms with Crippen LogP contribution in [0.3, 0.4) is 0 Å². The summed E-state index contributed by atoms with van der Waals surface area (Å²) in [6.07, 6.45) is 0. The molecule has 0 spiro atoms. The molecule has 0 fully saturated rings. The van der Waals surface area contributed by atoms with E-state index in [0.717, 1.165) is 0 Å². The molecule has 0 saturated heterocycles. The molecule has 1 aromatic rings. The first kappa shape index (κ1) is 8.63. The van der Waals surface area contributed by atoms with Crippen molar-refractivity contribution in [3.63, 3.8) is 0 Å². The Morgan fingerprint density at radius 1 is 1.58 bits per heavy atom. The van der Waals surface area contributed by atoms with Gasteiger partial charge in [0.2, 0.25) is 0 Å². The summed E-state index contributed by atoms with van der Waals surface area (Å²) in [5.41, 5.74) is 0.552. The van der Waals surface area contributed by atoms with Gasteiger partial charge >= 0.3 is 0 Å². The van der Waals surface area contributed by atoms with Crippen molar-refractivity contribution in [3.8, 4) is 0 Å². The van der Waals surface area contributed by atoms with Crippen molar-refractivity contribution < 1.29 is 15.1 Å². The lowest BCUT2D eigenvalue weighted by Crippen LogP contribution is -1.91. The van der Waals surface area contributed by atoms with Gasteiger partial charge in [0, 0.05) is 12.1 Å². The fraction of sp³-hybridized carbons (Fsp3) is 0.143. The average molecular weight is 169 g/mol. The molecule has 1 aromatic carbocycles. The molecule has 0 atom stereocenters. The van der Waals surface area contributed by atoms with Gasteiger partial charge in [-0.3, -0.25) is 15.4 Å². The second-order valence-corrected chi connectivity index (χ2v) is 2.20. The molecule has 0 radical (unpaired) electrons. The van der Waals surface area contributed by atoms with E-state index < -0.39 is 4.92 Å². The van der Waals surface area contributed by atoms with Crippen molar-refractivity contribution >= 4 is 5.69 Å². The largest absolute Gasteiger partial charge is 0.269 e. The molecule has 0 aliphatic heterocycles. The Morgan fingerprint density at radius 2 is 2.33 bits per heavy atom. The minimum Gasteiger partial charge on any atom is -0.258 e. The Morgan fingerprint density at radius 3 is 2.92 bits per heavy atom. The van der Waals surface area contributed by atoms with Crippen molar-refractivity contribution in [2.75, 3.05) is 0 Å². The number of nitro benzene ring substituents is 1. The standard InChI is InChI=1S/C7H7NO4/c9-8(10)7-3-1-2-6(4-7)5-12-11/h1-4,11H,5H2. The smallest absolute Gasteiger partial charge is 0.258 e. The minimum atomic E-state index is -0.499. The van der Waals surface area contributed by atoms with Crippen LogP contribution < -0.4 is 0 Å². The zero-order valence-corrected chi connectivity index (χ0v) is 6.14. The molecule has 12 heavy (non-hydrogen) atoms. The van der Waals surface area contributed by atoms with Crippen molar-refractivity contribution in [2.45, 2.75) is 6.61 Å². The summed E-state index contributed by atoms with van der Waals surface area (Å²) >= 11 is 0. The van der Waals surface area contributed by atoms with E-state index in [1.54, 1.807) is 6.07 Å². The summed E-state index contributed by atoms with van der Waals surface area (Å²) in [6.45, 7) is -0.0400. The van der Waals surface area contributed by atoms with Crippen molar-refractivity contribution in [3.05, 3.63) is 39.9 Å².